The fourth-order valence-corrected chi connectivity index (χ4v) is 4.19. The van der Waals surface area contributed by atoms with E-state index < -0.39 is 20.7 Å². The zero-order valence-electron chi connectivity index (χ0n) is 17.3. The molecule has 1 aromatic carbocycles. The molecule has 0 fully saturated rings. The molecule has 1 aromatic heterocycles. The fraction of sp³-hybridized carbons (Fsp3) is 0.421. The Kier molecular flexibility index (Phi) is 5.33. The van der Waals surface area contributed by atoms with E-state index in [2.05, 4.69) is 44.5 Å². The molecule has 0 saturated carbocycles. The Balaban J connectivity index is 0.00000338. The summed E-state index contributed by atoms with van der Waals surface area (Å²) in [5, 5.41) is 1.28. The molecule has 0 spiro atoms. The van der Waals surface area contributed by atoms with Crippen molar-refractivity contribution in [1.82, 2.24) is 4.98 Å². The zero-order chi connectivity index (χ0) is 19.0. The number of hydrogen-bond acceptors (Lipinski definition) is 1. The summed E-state index contributed by atoms with van der Waals surface area (Å²) in [5.41, 5.74) is 2.06. The SMILES string of the molecule is [2H]C([2H])([2H])c1cc(F)c[c-]c1-c1cc(CC(C)C)c([Si](C)(C)C)cn1.[Ir]. The summed E-state index contributed by atoms with van der Waals surface area (Å²) in [7, 11) is -1.57. The molecular formula is C19H25FIrNSi-. The average molecular weight is 510 g/mol. The van der Waals surface area contributed by atoms with Gasteiger partial charge >= 0.3 is 0 Å². The van der Waals surface area contributed by atoms with Crippen LogP contribution in [-0.2, 0) is 26.5 Å². The second-order valence-electron chi connectivity index (χ2n) is 7.18. The number of aromatic nitrogens is 1. The molecule has 0 amide bonds. The number of hydrogen-bond donors (Lipinski definition) is 0. The molecule has 1 radical (unpaired) electrons. The maximum absolute atomic E-state index is 13.6. The summed E-state index contributed by atoms with van der Waals surface area (Å²) in [6, 6.07) is 6.98. The van der Waals surface area contributed by atoms with E-state index in [4.69, 9.17) is 4.11 Å². The molecule has 0 aliphatic carbocycles. The van der Waals surface area contributed by atoms with Crippen molar-refractivity contribution in [3.63, 3.8) is 0 Å². The standard InChI is InChI=1S/C19H25FNSi.Ir/c1-13(2)9-15-11-18(21-12-19(15)22(4,5)6)17-8-7-16(20)10-14(17)3;/h7,10-13H,9H2,1-6H3;/q-1;/i3D3;. The molecule has 0 N–H and O–H groups in total. The van der Waals surface area contributed by atoms with Crippen LogP contribution in [0.2, 0.25) is 19.6 Å². The third kappa shape index (κ3) is 5.07. The van der Waals surface area contributed by atoms with E-state index >= 15 is 0 Å². The first kappa shape index (κ1) is 15.7. The van der Waals surface area contributed by atoms with Gasteiger partial charge in [-0.05, 0) is 23.2 Å². The van der Waals surface area contributed by atoms with E-state index in [1.807, 2.05) is 12.3 Å². The van der Waals surface area contributed by atoms with Gasteiger partial charge in [0, 0.05) is 36.2 Å². The van der Waals surface area contributed by atoms with Gasteiger partial charge in [0.05, 0.1) is 8.07 Å². The van der Waals surface area contributed by atoms with Crippen LogP contribution in [0.25, 0.3) is 11.3 Å². The second-order valence-corrected chi connectivity index (χ2v) is 12.2. The van der Waals surface area contributed by atoms with Crippen molar-refractivity contribution in [3.8, 4) is 11.3 Å². The molecule has 0 aliphatic rings. The summed E-state index contributed by atoms with van der Waals surface area (Å²) in [4.78, 5) is 4.52. The van der Waals surface area contributed by atoms with Crippen LogP contribution in [0.4, 0.5) is 4.39 Å². The van der Waals surface area contributed by atoms with E-state index in [0.717, 1.165) is 12.5 Å². The summed E-state index contributed by atoms with van der Waals surface area (Å²) < 4.78 is 36.6. The average Bonchev–Trinajstić information content (AvgIpc) is 2.44. The Morgan fingerprint density at radius 1 is 1.30 bits per heavy atom. The van der Waals surface area contributed by atoms with E-state index in [9.17, 15) is 4.39 Å². The molecule has 0 saturated heterocycles. The third-order valence-electron chi connectivity index (χ3n) is 3.59. The zero-order valence-corrected chi connectivity index (χ0v) is 17.6. The van der Waals surface area contributed by atoms with Gasteiger partial charge in [0.1, 0.15) is 0 Å². The normalized spacial score (nSPS) is 14.0. The molecule has 0 atom stereocenters. The summed E-state index contributed by atoms with van der Waals surface area (Å²) in [6.45, 7) is 8.71. The molecule has 2 rings (SSSR count). The molecule has 1 nitrogen and oxygen atoms in total. The number of aryl methyl sites for hydroxylation is 1. The van der Waals surface area contributed by atoms with Crippen LogP contribution < -0.4 is 5.19 Å². The molecule has 4 heteroatoms. The van der Waals surface area contributed by atoms with Crippen molar-refractivity contribution in [3.05, 3.63) is 47.4 Å². The Morgan fingerprint density at radius 3 is 2.57 bits per heavy atom. The van der Waals surface area contributed by atoms with Gasteiger partial charge < -0.3 is 4.98 Å². The number of rotatable bonds is 4. The Bertz CT molecular complexity index is 770. The maximum atomic E-state index is 13.6. The molecule has 0 unspecified atom stereocenters. The number of benzene rings is 1. The van der Waals surface area contributed by atoms with Crippen LogP contribution in [0.3, 0.4) is 0 Å². The van der Waals surface area contributed by atoms with Gasteiger partial charge in [-0.1, -0.05) is 52.0 Å². The fourth-order valence-electron chi connectivity index (χ4n) is 2.60. The topological polar surface area (TPSA) is 12.9 Å². The van der Waals surface area contributed by atoms with Crippen LogP contribution >= 0.6 is 0 Å². The van der Waals surface area contributed by atoms with Gasteiger partial charge in [-0.3, -0.25) is 4.39 Å². The second kappa shape index (κ2) is 7.83. The van der Waals surface area contributed by atoms with Gasteiger partial charge in [0.15, 0.2) is 0 Å². The van der Waals surface area contributed by atoms with Gasteiger partial charge in [0.25, 0.3) is 0 Å². The van der Waals surface area contributed by atoms with E-state index in [1.165, 1.54) is 16.8 Å². The van der Waals surface area contributed by atoms with Crippen LogP contribution in [0, 0.1) is 24.7 Å². The predicted octanol–water partition coefficient (Wildman–Crippen LogP) is 4.74. The van der Waals surface area contributed by atoms with Crippen molar-refractivity contribution in [2.24, 2.45) is 5.92 Å². The molecule has 23 heavy (non-hydrogen) atoms. The predicted molar refractivity (Wildman–Crippen MR) is 94.7 cm³/mol. The Labute approximate surface area is 158 Å². The van der Waals surface area contributed by atoms with Crippen molar-refractivity contribution in [2.75, 3.05) is 0 Å². The first-order valence-electron chi connectivity index (χ1n) is 9.11. The molecule has 1 heterocycles. The minimum absolute atomic E-state index is 0. The first-order chi connectivity index (χ1) is 11.4. The monoisotopic (exact) mass is 510 g/mol. The molecule has 2 aromatic rings. The molecular weight excluding hydrogens is 482 g/mol. The molecule has 0 aliphatic heterocycles. The van der Waals surface area contributed by atoms with Crippen molar-refractivity contribution < 1.29 is 28.6 Å². The first-order valence-corrected chi connectivity index (χ1v) is 11.1. The van der Waals surface area contributed by atoms with Gasteiger partial charge in [-0.15, -0.1) is 29.3 Å². The van der Waals surface area contributed by atoms with Crippen molar-refractivity contribution in [1.29, 1.82) is 0 Å². The quantitative estimate of drug-likeness (QED) is 0.429. The summed E-state index contributed by atoms with van der Waals surface area (Å²) in [6.07, 6.45) is 2.78. The number of nitrogens with zero attached hydrogens (tertiary/aromatic N) is 1. The van der Waals surface area contributed by atoms with Crippen molar-refractivity contribution >= 4 is 13.3 Å². The van der Waals surface area contributed by atoms with Gasteiger partial charge in [-0.25, -0.2) is 0 Å². The van der Waals surface area contributed by atoms with Gasteiger partial charge in [0.2, 0.25) is 0 Å². The third-order valence-corrected chi connectivity index (χ3v) is 5.65. The van der Waals surface area contributed by atoms with Crippen LogP contribution in [-0.4, -0.2) is 13.1 Å². The Hall–Kier alpha value is -0.834. The minimum Gasteiger partial charge on any atom is -0.305 e. The van der Waals surface area contributed by atoms with E-state index in [0.29, 0.717) is 17.2 Å². The van der Waals surface area contributed by atoms with Crippen LogP contribution in [0.1, 0.15) is 29.1 Å². The Morgan fingerprint density at radius 2 is 2.00 bits per heavy atom. The number of halogens is 1. The van der Waals surface area contributed by atoms with Gasteiger partial charge in [-0.2, -0.15) is 0 Å². The maximum Gasteiger partial charge on any atom is 0.0798 e. The summed E-state index contributed by atoms with van der Waals surface area (Å²) >= 11 is 0. The largest absolute Gasteiger partial charge is 0.305 e. The summed E-state index contributed by atoms with van der Waals surface area (Å²) in [5.74, 6) is -0.124. The minimum atomic E-state index is -2.41. The molecule has 127 valence electrons. The van der Waals surface area contributed by atoms with Crippen LogP contribution in [0.5, 0.6) is 0 Å². The van der Waals surface area contributed by atoms with E-state index in [-0.39, 0.29) is 25.7 Å². The number of pyridine rings is 1. The molecule has 0 bridgehead atoms. The van der Waals surface area contributed by atoms with Crippen molar-refractivity contribution in [2.45, 2.75) is 46.8 Å². The smallest absolute Gasteiger partial charge is 0.0798 e. The van der Waals surface area contributed by atoms with Crippen LogP contribution in [0.15, 0.2) is 24.4 Å². The van der Waals surface area contributed by atoms with E-state index in [1.54, 1.807) is 0 Å².